The lowest BCUT2D eigenvalue weighted by atomic mass is 9.85. The second-order valence-electron chi connectivity index (χ2n) is 6.76. The highest BCUT2D eigenvalue weighted by molar-refractivity contribution is 5.48. The zero-order chi connectivity index (χ0) is 14.6. The van der Waals surface area contributed by atoms with Gasteiger partial charge in [-0.15, -0.1) is 0 Å². The molecule has 20 heavy (non-hydrogen) atoms. The topological polar surface area (TPSA) is 29.3 Å². The summed E-state index contributed by atoms with van der Waals surface area (Å²) in [6, 6.07) is 10.7. The first-order valence-corrected chi connectivity index (χ1v) is 8.08. The number of likely N-dealkylation sites (N-methyl/N-ethyl adjacent to an activating group) is 1. The largest absolute Gasteiger partial charge is 0.368 e. The molecule has 0 aliphatic heterocycles. The summed E-state index contributed by atoms with van der Waals surface area (Å²) in [4.78, 5) is 2.44. The van der Waals surface area contributed by atoms with E-state index < -0.39 is 0 Å². The van der Waals surface area contributed by atoms with Crippen molar-refractivity contribution in [1.29, 1.82) is 0 Å². The predicted molar refractivity (Wildman–Crippen MR) is 88.0 cm³/mol. The van der Waals surface area contributed by atoms with Crippen LogP contribution in [0.5, 0.6) is 0 Å². The molecule has 0 heterocycles. The zero-order valence-electron chi connectivity index (χ0n) is 13.3. The maximum absolute atomic E-state index is 6.23. The van der Waals surface area contributed by atoms with Gasteiger partial charge in [-0.25, -0.2) is 0 Å². The van der Waals surface area contributed by atoms with Gasteiger partial charge in [-0.05, 0) is 43.2 Å². The van der Waals surface area contributed by atoms with Gasteiger partial charge in [0.15, 0.2) is 0 Å². The van der Waals surface area contributed by atoms with Crippen molar-refractivity contribution < 1.29 is 0 Å². The average molecular weight is 274 g/mol. The van der Waals surface area contributed by atoms with Crippen LogP contribution in [0.3, 0.4) is 0 Å². The fourth-order valence-corrected chi connectivity index (χ4v) is 3.69. The van der Waals surface area contributed by atoms with Gasteiger partial charge in [-0.1, -0.05) is 44.9 Å². The van der Waals surface area contributed by atoms with Crippen molar-refractivity contribution in [1.82, 2.24) is 0 Å². The minimum atomic E-state index is 0.144. The van der Waals surface area contributed by atoms with Gasteiger partial charge in [-0.3, -0.25) is 0 Å². The number of nitrogens with two attached hydrogens (primary N) is 1. The Morgan fingerprint density at radius 3 is 2.50 bits per heavy atom. The fourth-order valence-electron chi connectivity index (χ4n) is 3.69. The Hall–Kier alpha value is -1.02. The van der Waals surface area contributed by atoms with E-state index in [-0.39, 0.29) is 5.54 Å². The standard InChI is InChI=1S/C18H30N2/c1-15(2)16-8-7-12-18(14-19,13-11-16)20(3)17-9-5-4-6-10-17/h4-6,9-10,15-16H,7-8,11-14,19H2,1-3H3. The third kappa shape index (κ3) is 3.17. The van der Waals surface area contributed by atoms with Crippen molar-refractivity contribution in [3.63, 3.8) is 0 Å². The molecule has 2 rings (SSSR count). The number of rotatable bonds is 4. The molecule has 0 bridgehead atoms. The first-order valence-electron chi connectivity index (χ1n) is 8.08. The Labute approximate surface area is 124 Å². The molecule has 0 saturated heterocycles. The molecule has 2 nitrogen and oxygen atoms in total. The third-order valence-electron chi connectivity index (χ3n) is 5.38. The van der Waals surface area contributed by atoms with Gasteiger partial charge < -0.3 is 10.6 Å². The number of para-hydroxylation sites is 1. The maximum atomic E-state index is 6.23. The first kappa shape index (κ1) is 15.4. The minimum Gasteiger partial charge on any atom is -0.368 e. The molecule has 1 aliphatic rings. The number of benzene rings is 1. The molecule has 0 amide bonds. The fraction of sp³-hybridized carbons (Fsp3) is 0.667. The Morgan fingerprint density at radius 2 is 1.90 bits per heavy atom. The van der Waals surface area contributed by atoms with Crippen LogP contribution < -0.4 is 10.6 Å². The van der Waals surface area contributed by atoms with E-state index in [2.05, 4.69) is 56.1 Å². The molecule has 0 spiro atoms. The van der Waals surface area contributed by atoms with Crippen LogP contribution in [-0.2, 0) is 0 Å². The molecule has 0 aromatic heterocycles. The number of anilines is 1. The van der Waals surface area contributed by atoms with Gasteiger partial charge >= 0.3 is 0 Å². The van der Waals surface area contributed by atoms with Crippen molar-refractivity contribution >= 4 is 5.69 Å². The van der Waals surface area contributed by atoms with Crippen LogP contribution in [0.1, 0.15) is 46.0 Å². The Balaban J connectivity index is 2.17. The summed E-state index contributed by atoms with van der Waals surface area (Å²) in [6.45, 7) is 5.48. The summed E-state index contributed by atoms with van der Waals surface area (Å²) in [5.74, 6) is 1.67. The highest BCUT2D eigenvalue weighted by Gasteiger charge is 2.36. The zero-order valence-corrected chi connectivity index (χ0v) is 13.3. The smallest absolute Gasteiger partial charge is 0.0521 e. The number of hydrogen-bond acceptors (Lipinski definition) is 2. The van der Waals surface area contributed by atoms with Gasteiger partial charge in [0.05, 0.1) is 5.54 Å². The lowest BCUT2D eigenvalue weighted by Gasteiger charge is -2.42. The lowest BCUT2D eigenvalue weighted by molar-refractivity contribution is 0.320. The van der Waals surface area contributed by atoms with Crippen LogP contribution in [0.15, 0.2) is 30.3 Å². The van der Waals surface area contributed by atoms with Crippen LogP contribution in [0, 0.1) is 11.8 Å². The molecule has 2 heteroatoms. The van der Waals surface area contributed by atoms with Gasteiger partial charge in [0.1, 0.15) is 0 Å². The third-order valence-corrected chi connectivity index (χ3v) is 5.38. The summed E-state index contributed by atoms with van der Waals surface area (Å²) < 4.78 is 0. The molecule has 0 radical (unpaired) electrons. The molecule has 1 aliphatic carbocycles. The first-order chi connectivity index (χ1) is 9.59. The van der Waals surface area contributed by atoms with Crippen molar-refractivity contribution in [2.45, 2.75) is 51.5 Å². The van der Waals surface area contributed by atoms with Crippen LogP contribution in [0.25, 0.3) is 0 Å². The molecule has 1 aromatic rings. The summed E-state index contributed by atoms with van der Waals surface area (Å²) in [7, 11) is 2.22. The highest BCUT2D eigenvalue weighted by atomic mass is 15.2. The van der Waals surface area contributed by atoms with E-state index in [4.69, 9.17) is 5.73 Å². The van der Waals surface area contributed by atoms with Gasteiger partial charge in [0.2, 0.25) is 0 Å². The van der Waals surface area contributed by atoms with Crippen LogP contribution >= 0.6 is 0 Å². The van der Waals surface area contributed by atoms with Gasteiger partial charge in [0.25, 0.3) is 0 Å². The predicted octanol–water partition coefficient (Wildman–Crippen LogP) is 4.06. The molecule has 2 N–H and O–H groups in total. The Morgan fingerprint density at radius 1 is 1.20 bits per heavy atom. The summed E-state index contributed by atoms with van der Waals surface area (Å²) in [5, 5.41) is 0. The van der Waals surface area contributed by atoms with Crippen LogP contribution in [0.4, 0.5) is 5.69 Å². The monoisotopic (exact) mass is 274 g/mol. The van der Waals surface area contributed by atoms with E-state index in [0.717, 1.165) is 18.4 Å². The van der Waals surface area contributed by atoms with Gasteiger partial charge in [-0.2, -0.15) is 0 Å². The molecule has 1 aromatic carbocycles. The van der Waals surface area contributed by atoms with Crippen LogP contribution in [0.2, 0.25) is 0 Å². The molecular formula is C18H30N2. The SMILES string of the molecule is CC(C)C1CCCC(CN)(N(C)c2ccccc2)CC1. The van der Waals surface area contributed by atoms with E-state index in [1.807, 2.05) is 0 Å². The van der Waals surface area contributed by atoms with E-state index >= 15 is 0 Å². The van der Waals surface area contributed by atoms with Crippen molar-refractivity contribution in [2.24, 2.45) is 17.6 Å². The number of hydrogen-bond donors (Lipinski definition) is 1. The molecule has 2 unspecified atom stereocenters. The maximum Gasteiger partial charge on any atom is 0.0521 e. The van der Waals surface area contributed by atoms with Gasteiger partial charge in [0, 0.05) is 19.3 Å². The van der Waals surface area contributed by atoms with Crippen molar-refractivity contribution in [3.8, 4) is 0 Å². The molecule has 112 valence electrons. The Kier molecular flexibility index (Phi) is 5.09. The quantitative estimate of drug-likeness (QED) is 0.839. The van der Waals surface area contributed by atoms with E-state index in [9.17, 15) is 0 Å². The minimum absolute atomic E-state index is 0.144. The van der Waals surface area contributed by atoms with E-state index in [0.29, 0.717) is 0 Å². The molecule has 1 saturated carbocycles. The molecule has 1 fully saturated rings. The Bertz CT molecular complexity index is 401. The number of nitrogens with zero attached hydrogens (tertiary/aromatic N) is 1. The normalized spacial score (nSPS) is 27.4. The van der Waals surface area contributed by atoms with Crippen molar-refractivity contribution in [2.75, 3.05) is 18.5 Å². The van der Waals surface area contributed by atoms with E-state index in [1.54, 1.807) is 0 Å². The molecule has 2 atom stereocenters. The lowest BCUT2D eigenvalue weighted by Crippen LogP contribution is -2.52. The summed E-state index contributed by atoms with van der Waals surface area (Å²) in [6.07, 6.45) is 6.42. The second kappa shape index (κ2) is 6.62. The van der Waals surface area contributed by atoms with Crippen molar-refractivity contribution in [3.05, 3.63) is 30.3 Å². The second-order valence-corrected chi connectivity index (χ2v) is 6.76. The highest BCUT2D eigenvalue weighted by Crippen LogP contribution is 2.38. The average Bonchev–Trinajstić information content (AvgIpc) is 2.71. The summed E-state index contributed by atoms with van der Waals surface area (Å²) in [5.41, 5.74) is 7.66. The van der Waals surface area contributed by atoms with Crippen LogP contribution in [-0.4, -0.2) is 19.1 Å². The van der Waals surface area contributed by atoms with E-state index in [1.165, 1.54) is 37.8 Å². The summed E-state index contributed by atoms with van der Waals surface area (Å²) >= 11 is 0. The molecular weight excluding hydrogens is 244 g/mol.